The summed E-state index contributed by atoms with van der Waals surface area (Å²) in [6.45, 7) is 5.35. The fourth-order valence-corrected chi connectivity index (χ4v) is 3.14. The summed E-state index contributed by atoms with van der Waals surface area (Å²) >= 11 is 0. The van der Waals surface area contributed by atoms with Gasteiger partial charge in [0.15, 0.2) is 0 Å². The minimum atomic E-state index is -0.158. The Morgan fingerprint density at radius 3 is 2.21 bits per heavy atom. The molecule has 1 aromatic carbocycles. The molecular weight excluding hydrogens is 352 g/mol. The van der Waals surface area contributed by atoms with Gasteiger partial charge in [0.25, 0.3) is 5.91 Å². The summed E-state index contributed by atoms with van der Waals surface area (Å²) in [5.41, 5.74) is 2.47. The Morgan fingerprint density at radius 1 is 0.893 bits per heavy atom. The molecule has 7 nitrogen and oxygen atoms in total. The number of hydrogen-bond acceptors (Lipinski definition) is 6. The predicted molar refractivity (Wildman–Crippen MR) is 110 cm³/mol. The quantitative estimate of drug-likeness (QED) is 0.757. The highest BCUT2D eigenvalue weighted by molar-refractivity contribution is 6.04. The number of carbonyl (C=O) groups is 1. The van der Waals surface area contributed by atoms with Crippen LogP contribution in [0.15, 0.2) is 61.1 Å². The molecule has 0 unspecified atom stereocenters. The van der Waals surface area contributed by atoms with Crippen molar-refractivity contribution in [2.45, 2.75) is 6.92 Å². The number of nitrogens with zero attached hydrogens (tertiary/aromatic N) is 5. The zero-order valence-electron chi connectivity index (χ0n) is 15.7. The predicted octanol–water partition coefficient (Wildman–Crippen LogP) is 2.76. The summed E-state index contributed by atoms with van der Waals surface area (Å²) in [5, 5.41) is 2.90. The summed E-state index contributed by atoms with van der Waals surface area (Å²) in [6.07, 6.45) is 5.15. The smallest absolute Gasteiger partial charge is 0.257 e. The van der Waals surface area contributed by atoms with Crippen molar-refractivity contribution in [1.29, 1.82) is 0 Å². The van der Waals surface area contributed by atoms with Gasteiger partial charge in [0, 0.05) is 50.5 Å². The second kappa shape index (κ2) is 8.04. The van der Waals surface area contributed by atoms with Crippen LogP contribution in [0.4, 0.5) is 17.5 Å². The molecule has 0 spiro atoms. The topological polar surface area (TPSA) is 74.2 Å². The highest BCUT2D eigenvalue weighted by Gasteiger charge is 2.20. The number of rotatable bonds is 4. The van der Waals surface area contributed by atoms with E-state index in [1.807, 2.05) is 49.4 Å². The van der Waals surface area contributed by atoms with Gasteiger partial charge >= 0.3 is 0 Å². The lowest BCUT2D eigenvalue weighted by atomic mass is 10.2. The summed E-state index contributed by atoms with van der Waals surface area (Å²) in [6, 6.07) is 13.3. The van der Waals surface area contributed by atoms with E-state index in [0.29, 0.717) is 5.56 Å². The zero-order valence-corrected chi connectivity index (χ0v) is 15.7. The van der Waals surface area contributed by atoms with Crippen LogP contribution in [0.25, 0.3) is 0 Å². The molecule has 1 saturated heterocycles. The monoisotopic (exact) mass is 374 g/mol. The van der Waals surface area contributed by atoms with Crippen LogP contribution < -0.4 is 15.1 Å². The van der Waals surface area contributed by atoms with Crippen LogP contribution in [0, 0.1) is 6.92 Å². The van der Waals surface area contributed by atoms with Crippen molar-refractivity contribution in [2.24, 2.45) is 0 Å². The summed E-state index contributed by atoms with van der Waals surface area (Å²) in [4.78, 5) is 29.9. The van der Waals surface area contributed by atoms with Gasteiger partial charge in [-0.15, -0.1) is 0 Å². The number of amides is 1. The Hall–Kier alpha value is -3.48. The van der Waals surface area contributed by atoms with E-state index in [4.69, 9.17) is 0 Å². The molecule has 1 aliphatic heterocycles. The van der Waals surface area contributed by atoms with Gasteiger partial charge in [-0.1, -0.05) is 17.7 Å². The third-order valence-electron chi connectivity index (χ3n) is 4.76. The van der Waals surface area contributed by atoms with E-state index >= 15 is 0 Å². The number of aryl methyl sites for hydroxylation is 1. The van der Waals surface area contributed by atoms with Crippen molar-refractivity contribution in [2.75, 3.05) is 41.3 Å². The van der Waals surface area contributed by atoms with Crippen LogP contribution in [0.2, 0.25) is 0 Å². The van der Waals surface area contributed by atoms with E-state index in [-0.39, 0.29) is 5.91 Å². The van der Waals surface area contributed by atoms with Crippen LogP contribution in [-0.2, 0) is 0 Å². The van der Waals surface area contributed by atoms with Gasteiger partial charge < -0.3 is 15.1 Å². The number of benzene rings is 1. The van der Waals surface area contributed by atoms with Crippen molar-refractivity contribution in [3.05, 3.63) is 72.2 Å². The van der Waals surface area contributed by atoms with E-state index < -0.39 is 0 Å². The van der Waals surface area contributed by atoms with Crippen molar-refractivity contribution in [1.82, 2.24) is 15.0 Å². The van der Waals surface area contributed by atoms with Gasteiger partial charge in [-0.3, -0.25) is 4.79 Å². The highest BCUT2D eigenvalue weighted by Crippen LogP contribution is 2.17. The molecule has 0 atom stereocenters. The maximum atomic E-state index is 12.4. The molecule has 3 aromatic rings. The number of pyridine rings is 1. The third-order valence-corrected chi connectivity index (χ3v) is 4.76. The maximum absolute atomic E-state index is 12.4. The van der Waals surface area contributed by atoms with Crippen LogP contribution in [0.3, 0.4) is 0 Å². The summed E-state index contributed by atoms with van der Waals surface area (Å²) in [5.74, 6) is 1.48. The van der Waals surface area contributed by atoms with E-state index in [1.54, 1.807) is 18.6 Å². The number of hydrogen-bond donors (Lipinski definition) is 1. The molecule has 0 aliphatic carbocycles. The van der Waals surface area contributed by atoms with Gasteiger partial charge in [-0.25, -0.2) is 15.0 Å². The second-order valence-corrected chi connectivity index (χ2v) is 6.75. The highest BCUT2D eigenvalue weighted by atomic mass is 16.1. The molecule has 3 heterocycles. The van der Waals surface area contributed by atoms with E-state index in [1.165, 1.54) is 0 Å². The van der Waals surface area contributed by atoms with Crippen LogP contribution in [-0.4, -0.2) is 47.0 Å². The first-order chi connectivity index (χ1) is 13.7. The van der Waals surface area contributed by atoms with Gasteiger partial charge in [0.05, 0.1) is 5.56 Å². The molecule has 1 fully saturated rings. The number of carbonyl (C=O) groups excluding carboxylic acids is 1. The molecular formula is C21H22N6O. The van der Waals surface area contributed by atoms with E-state index in [9.17, 15) is 4.79 Å². The van der Waals surface area contributed by atoms with E-state index in [0.717, 1.165) is 49.2 Å². The van der Waals surface area contributed by atoms with Gasteiger partial charge in [-0.2, -0.15) is 0 Å². The van der Waals surface area contributed by atoms with Gasteiger partial charge in [0.2, 0.25) is 5.95 Å². The molecule has 1 aliphatic rings. The molecule has 0 radical (unpaired) electrons. The lowest BCUT2D eigenvalue weighted by molar-refractivity contribution is 0.102. The third kappa shape index (κ3) is 4.09. The number of anilines is 3. The minimum absolute atomic E-state index is 0.158. The number of nitrogens with one attached hydrogen (secondary N) is 1. The Bertz CT molecular complexity index is 919. The Balaban J connectivity index is 1.36. The van der Waals surface area contributed by atoms with Crippen molar-refractivity contribution in [3.8, 4) is 0 Å². The first-order valence-corrected chi connectivity index (χ1v) is 9.30. The molecule has 0 saturated carbocycles. The Kier molecular flexibility index (Phi) is 5.14. The fourth-order valence-electron chi connectivity index (χ4n) is 3.14. The first kappa shape index (κ1) is 17.9. The number of piperazine rings is 1. The molecule has 4 rings (SSSR count). The SMILES string of the molecule is Cc1ccc(NC(=O)c2ccc(N3CCN(c4ncccn4)CC3)nc2)cc1. The summed E-state index contributed by atoms with van der Waals surface area (Å²) in [7, 11) is 0. The molecule has 2 aromatic heterocycles. The molecule has 7 heteroatoms. The van der Waals surface area contributed by atoms with Crippen molar-refractivity contribution in [3.63, 3.8) is 0 Å². The number of aromatic nitrogens is 3. The zero-order chi connectivity index (χ0) is 19.3. The molecule has 1 amide bonds. The molecule has 0 bridgehead atoms. The lowest BCUT2D eigenvalue weighted by Gasteiger charge is -2.35. The van der Waals surface area contributed by atoms with Gasteiger partial charge in [-0.05, 0) is 37.3 Å². The maximum Gasteiger partial charge on any atom is 0.257 e. The summed E-state index contributed by atoms with van der Waals surface area (Å²) < 4.78 is 0. The van der Waals surface area contributed by atoms with Gasteiger partial charge in [0.1, 0.15) is 5.82 Å². The standard InChI is InChI=1S/C21H22N6O/c1-16-3-6-18(7-4-16)25-20(28)17-5-8-19(24-15-17)26-11-13-27(14-12-26)21-22-9-2-10-23-21/h2-10,15H,11-14H2,1H3,(H,25,28). The average molecular weight is 374 g/mol. The van der Waals surface area contributed by atoms with E-state index in [2.05, 4.69) is 30.1 Å². The molecule has 28 heavy (non-hydrogen) atoms. The van der Waals surface area contributed by atoms with Crippen LogP contribution in [0.5, 0.6) is 0 Å². The fraction of sp³-hybridized carbons (Fsp3) is 0.238. The Morgan fingerprint density at radius 2 is 1.57 bits per heavy atom. The molecule has 1 N–H and O–H groups in total. The van der Waals surface area contributed by atoms with Crippen molar-refractivity contribution >= 4 is 23.4 Å². The lowest BCUT2D eigenvalue weighted by Crippen LogP contribution is -2.47. The average Bonchev–Trinajstić information content (AvgIpc) is 2.76. The second-order valence-electron chi connectivity index (χ2n) is 6.75. The first-order valence-electron chi connectivity index (χ1n) is 9.30. The van der Waals surface area contributed by atoms with Crippen molar-refractivity contribution < 1.29 is 4.79 Å². The van der Waals surface area contributed by atoms with Crippen LogP contribution in [0.1, 0.15) is 15.9 Å². The Labute approximate surface area is 164 Å². The largest absolute Gasteiger partial charge is 0.353 e. The molecule has 142 valence electrons. The van der Waals surface area contributed by atoms with Crippen LogP contribution >= 0.6 is 0 Å². The minimum Gasteiger partial charge on any atom is -0.353 e. The normalized spacial score (nSPS) is 14.0.